The van der Waals surface area contributed by atoms with Crippen LogP contribution in [0, 0.1) is 6.92 Å². The number of hydrogen-bond donors (Lipinski definition) is 2. The molecule has 0 bridgehead atoms. The summed E-state index contributed by atoms with van der Waals surface area (Å²) >= 11 is 0. The molecule has 0 atom stereocenters. The number of nitrogens with two attached hydrogens (primary N) is 2. The number of carbonyl (C=O) groups excluding carboxylic acids is 2. The predicted molar refractivity (Wildman–Crippen MR) is 66.4 cm³/mol. The minimum Gasteiger partial charge on any atom is -0.399 e. The maximum Gasteiger partial charge on any atom is 0.254 e. The molecule has 2 amide bonds. The lowest BCUT2D eigenvalue weighted by Crippen LogP contribution is -2.38. The Labute approximate surface area is 100 Å². The highest BCUT2D eigenvalue weighted by Crippen LogP contribution is 2.14. The highest BCUT2D eigenvalue weighted by Gasteiger charge is 2.17. The van der Waals surface area contributed by atoms with Crippen molar-refractivity contribution in [2.75, 3.05) is 18.8 Å². The van der Waals surface area contributed by atoms with Gasteiger partial charge in [-0.25, -0.2) is 0 Å². The van der Waals surface area contributed by atoms with Crippen molar-refractivity contribution in [1.29, 1.82) is 0 Å². The van der Waals surface area contributed by atoms with Gasteiger partial charge in [0.15, 0.2) is 0 Å². The predicted octanol–water partition coefficient (Wildman–Crippen LogP) is 0.525. The summed E-state index contributed by atoms with van der Waals surface area (Å²) in [6, 6.07) is 5.12. The molecular weight excluding hydrogens is 218 g/mol. The van der Waals surface area contributed by atoms with Gasteiger partial charge in [0.1, 0.15) is 0 Å². The highest BCUT2D eigenvalue weighted by molar-refractivity contribution is 5.98. The van der Waals surface area contributed by atoms with E-state index in [2.05, 4.69) is 0 Å². The van der Waals surface area contributed by atoms with E-state index in [4.69, 9.17) is 11.5 Å². The Bertz CT molecular complexity index is 443. The van der Waals surface area contributed by atoms with E-state index in [0.717, 1.165) is 5.56 Å². The number of carbonyl (C=O) groups is 2. The summed E-state index contributed by atoms with van der Waals surface area (Å²) in [5.41, 5.74) is 12.6. The number of nitrogens with zero attached hydrogens (tertiary/aromatic N) is 1. The molecule has 0 spiro atoms. The largest absolute Gasteiger partial charge is 0.399 e. The third kappa shape index (κ3) is 3.21. The van der Waals surface area contributed by atoms with Crippen LogP contribution in [0.15, 0.2) is 18.2 Å². The maximum absolute atomic E-state index is 12.1. The van der Waals surface area contributed by atoms with Crippen LogP contribution in [-0.4, -0.2) is 29.8 Å². The molecule has 0 radical (unpaired) electrons. The van der Waals surface area contributed by atoms with Crippen molar-refractivity contribution in [3.63, 3.8) is 0 Å². The summed E-state index contributed by atoms with van der Waals surface area (Å²) in [4.78, 5) is 24.4. The van der Waals surface area contributed by atoms with Gasteiger partial charge in [-0.2, -0.15) is 0 Å². The molecule has 5 nitrogen and oxygen atoms in total. The Hall–Kier alpha value is -2.04. The van der Waals surface area contributed by atoms with Crippen LogP contribution in [0.1, 0.15) is 22.8 Å². The SMILES string of the molecule is CCN(CC(N)=O)C(=O)c1cc(N)ccc1C. The van der Waals surface area contributed by atoms with Gasteiger partial charge in [-0.15, -0.1) is 0 Å². The number of anilines is 1. The third-order valence-electron chi connectivity index (χ3n) is 2.51. The van der Waals surface area contributed by atoms with Crippen LogP contribution in [0.2, 0.25) is 0 Å². The fourth-order valence-corrected chi connectivity index (χ4v) is 1.56. The van der Waals surface area contributed by atoms with Gasteiger partial charge in [0.05, 0.1) is 6.54 Å². The summed E-state index contributed by atoms with van der Waals surface area (Å²) in [5, 5.41) is 0. The molecule has 0 unspecified atom stereocenters. The van der Waals surface area contributed by atoms with Gasteiger partial charge in [-0.05, 0) is 31.5 Å². The molecule has 0 aromatic heterocycles. The number of primary amides is 1. The molecule has 0 saturated carbocycles. The van der Waals surface area contributed by atoms with Gasteiger partial charge < -0.3 is 16.4 Å². The Morgan fingerprint density at radius 3 is 2.53 bits per heavy atom. The molecule has 1 aromatic carbocycles. The van der Waals surface area contributed by atoms with Gasteiger partial charge in [-0.3, -0.25) is 9.59 Å². The van der Waals surface area contributed by atoms with Crippen LogP contribution in [0.4, 0.5) is 5.69 Å². The fourth-order valence-electron chi connectivity index (χ4n) is 1.56. The zero-order valence-corrected chi connectivity index (χ0v) is 10.1. The van der Waals surface area contributed by atoms with Gasteiger partial charge in [0.2, 0.25) is 5.91 Å². The summed E-state index contributed by atoms with van der Waals surface area (Å²) in [7, 11) is 0. The average Bonchev–Trinajstić information content (AvgIpc) is 2.28. The van der Waals surface area contributed by atoms with E-state index in [0.29, 0.717) is 17.8 Å². The van der Waals surface area contributed by atoms with Gasteiger partial charge in [-0.1, -0.05) is 6.07 Å². The molecule has 92 valence electrons. The lowest BCUT2D eigenvalue weighted by Gasteiger charge is -2.20. The van der Waals surface area contributed by atoms with E-state index >= 15 is 0 Å². The quantitative estimate of drug-likeness (QED) is 0.746. The number of likely N-dealkylation sites (N-methyl/N-ethyl adjacent to an activating group) is 1. The van der Waals surface area contributed by atoms with Gasteiger partial charge in [0, 0.05) is 17.8 Å². The Morgan fingerprint density at radius 2 is 2.00 bits per heavy atom. The zero-order valence-electron chi connectivity index (χ0n) is 10.1. The normalized spacial score (nSPS) is 10.0. The molecular formula is C12H17N3O2. The van der Waals surface area contributed by atoms with Crippen LogP contribution >= 0.6 is 0 Å². The van der Waals surface area contributed by atoms with E-state index in [9.17, 15) is 9.59 Å². The number of aryl methyl sites for hydroxylation is 1. The van der Waals surface area contributed by atoms with E-state index in [1.165, 1.54) is 4.90 Å². The molecule has 0 fully saturated rings. The molecule has 5 heteroatoms. The Kier molecular flexibility index (Phi) is 4.09. The minimum absolute atomic E-state index is 0.0798. The molecule has 4 N–H and O–H groups in total. The molecule has 0 aliphatic heterocycles. The number of benzene rings is 1. The zero-order chi connectivity index (χ0) is 13.0. The standard InChI is InChI=1S/C12H17N3O2/c1-3-15(7-11(14)16)12(17)10-6-9(13)5-4-8(10)2/h4-6H,3,7,13H2,1-2H3,(H2,14,16). The molecule has 1 aromatic rings. The molecule has 0 heterocycles. The summed E-state index contributed by atoms with van der Waals surface area (Å²) in [6.07, 6.45) is 0. The van der Waals surface area contributed by atoms with Crippen LogP contribution < -0.4 is 11.5 Å². The second-order valence-electron chi connectivity index (χ2n) is 3.86. The van der Waals surface area contributed by atoms with Crippen molar-refractivity contribution >= 4 is 17.5 Å². The van der Waals surface area contributed by atoms with Crippen molar-refractivity contribution in [1.82, 2.24) is 4.90 Å². The topological polar surface area (TPSA) is 89.4 Å². The second kappa shape index (κ2) is 5.34. The fraction of sp³-hybridized carbons (Fsp3) is 0.333. The highest BCUT2D eigenvalue weighted by atomic mass is 16.2. The second-order valence-corrected chi connectivity index (χ2v) is 3.86. The molecule has 1 rings (SSSR count). The first-order chi connectivity index (χ1) is 7.95. The van der Waals surface area contributed by atoms with Crippen LogP contribution in [0.3, 0.4) is 0 Å². The molecule has 0 aliphatic carbocycles. The third-order valence-corrected chi connectivity index (χ3v) is 2.51. The van der Waals surface area contributed by atoms with Crippen molar-refractivity contribution in [3.8, 4) is 0 Å². The molecule has 0 saturated heterocycles. The van der Waals surface area contributed by atoms with Crippen molar-refractivity contribution < 1.29 is 9.59 Å². The Morgan fingerprint density at radius 1 is 1.35 bits per heavy atom. The number of amides is 2. The van der Waals surface area contributed by atoms with E-state index < -0.39 is 5.91 Å². The number of hydrogen-bond acceptors (Lipinski definition) is 3. The first-order valence-corrected chi connectivity index (χ1v) is 5.39. The number of nitrogen functional groups attached to an aromatic ring is 1. The van der Waals surface area contributed by atoms with Crippen molar-refractivity contribution in [2.45, 2.75) is 13.8 Å². The maximum atomic E-state index is 12.1. The average molecular weight is 235 g/mol. The summed E-state index contributed by atoms with van der Waals surface area (Å²) < 4.78 is 0. The first-order valence-electron chi connectivity index (χ1n) is 5.39. The lowest BCUT2D eigenvalue weighted by molar-refractivity contribution is -0.118. The van der Waals surface area contributed by atoms with E-state index in [1.54, 1.807) is 25.1 Å². The van der Waals surface area contributed by atoms with Crippen molar-refractivity contribution in [2.24, 2.45) is 5.73 Å². The van der Waals surface area contributed by atoms with E-state index in [-0.39, 0.29) is 12.5 Å². The van der Waals surface area contributed by atoms with Crippen LogP contribution in [0.5, 0.6) is 0 Å². The first kappa shape index (κ1) is 13.0. The smallest absolute Gasteiger partial charge is 0.254 e. The van der Waals surface area contributed by atoms with Gasteiger partial charge >= 0.3 is 0 Å². The minimum atomic E-state index is -0.526. The van der Waals surface area contributed by atoms with Gasteiger partial charge in [0.25, 0.3) is 5.91 Å². The lowest BCUT2D eigenvalue weighted by atomic mass is 10.1. The van der Waals surface area contributed by atoms with Crippen LogP contribution in [-0.2, 0) is 4.79 Å². The number of rotatable bonds is 4. The molecule has 17 heavy (non-hydrogen) atoms. The summed E-state index contributed by atoms with van der Waals surface area (Å²) in [5.74, 6) is -0.752. The van der Waals surface area contributed by atoms with E-state index in [1.807, 2.05) is 6.92 Å². The molecule has 0 aliphatic rings. The van der Waals surface area contributed by atoms with Crippen LogP contribution in [0.25, 0.3) is 0 Å². The summed E-state index contributed by atoms with van der Waals surface area (Å²) in [6.45, 7) is 3.97. The monoisotopic (exact) mass is 235 g/mol. The van der Waals surface area contributed by atoms with Crippen molar-refractivity contribution in [3.05, 3.63) is 29.3 Å². The Balaban J connectivity index is 3.01.